The fourth-order valence-electron chi connectivity index (χ4n) is 2.35. The summed E-state index contributed by atoms with van der Waals surface area (Å²) >= 11 is 0. The molecule has 0 unspecified atom stereocenters. The molecular formula is C20H15NO5. The topological polar surface area (TPSA) is 82.6 Å². The van der Waals surface area contributed by atoms with Gasteiger partial charge in [0.15, 0.2) is 5.78 Å². The molecule has 0 fully saturated rings. The van der Waals surface area contributed by atoms with Crippen molar-refractivity contribution < 1.29 is 18.9 Å². The van der Waals surface area contributed by atoms with Crippen LogP contribution < -0.4 is 4.74 Å². The lowest BCUT2D eigenvalue weighted by molar-refractivity contribution is -0.384. The van der Waals surface area contributed by atoms with E-state index in [0.29, 0.717) is 22.8 Å². The summed E-state index contributed by atoms with van der Waals surface area (Å²) in [5.74, 6) is 1.61. The zero-order valence-corrected chi connectivity index (χ0v) is 13.9. The second-order valence-corrected chi connectivity index (χ2v) is 5.43. The van der Waals surface area contributed by atoms with Crippen molar-refractivity contribution in [2.24, 2.45) is 0 Å². The Balaban J connectivity index is 1.71. The normalized spacial score (nSPS) is 10.8. The minimum absolute atomic E-state index is 0.0190. The van der Waals surface area contributed by atoms with Crippen LogP contribution in [0.1, 0.15) is 16.1 Å². The van der Waals surface area contributed by atoms with E-state index < -0.39 is 4.92 Å². The molecule has 0 spiro atoms. The second kappa shape index (κ2) is 7.48. The van der Waals surface area contributed by atoms with Gasteiger partial charge in [0.2, 0.25) is 0 Å². The molecule has 0 saturated heterocycles. The minimum atomic E-state index is -0.454. The number of nitro groups is 1. The average Bonchev–Trinajstić information content (AvgIpc) is 3.15. The number of allylic oxidation sites excluding steroid dienone is 1. The van der Waals surface area contributed by atoms with Crippen molar-refractivity contribution in [3.8, 4) is 17.1 Å². The molecule has 0 radical (unpaired) electrons. The third-order valence-electron chi connectivity index (χ3n) is 3.76. The van der Waals surface area contributed by atoms with Crippen LogP contribution in [-0.4, -0.2) is 17.8 Å². The molecule has 0 atom stereocenters. The number of methoxy groups -OCH3 is 1. The first-order valence-electron chi connectivity index (χ1n) is 7.78. The quantitative estimate of drug-likeness (QED) is 0.277. The van der Waals surface area contributed by atoms with Crippen LogP contribution in [0.15, 0.2) is 71.2 Å². The molecule has 2 aromatic carbocycles. The Morgan fingerprint density at radius 3 is 2.35 bits per heavy atom. The lowest BCUT2D eigenvalue weighted by atomic mass is 10.1. The number of carbonyl (C=O) groups excluding carboxylic acids is 1. The Morgan fingerprint density at radius 2 is 1.73 bits per heavy atom. The molecule has 0 N–H and O–H groups in total. The van der Waals surface area contributed by atoms with E-state index in [9.17, 15) is 14.9 Å². The van der Waals surface area contributed by atoms with Crippen molar-refractivity contribution >= 4 is 17.5 Å². The van der Waals surface area contributed by atoms with Crippen LogP contribution >= 0.6 is 0 Å². The highest BCUT2D eigenvalue weighted by Gasteiger charge is 2.08. The number of ketones is 1. The maximum atomic E-state index is 12.2. The number of hydrogen-bond acceptors (Lipinski definition) is 5. The molecule has 0 bridgehead atoms. The summed E-state index contributed by atoms with van der Waals surface area (Å²) in [7, 11) is 1.57. The monoisotopic (exact) mass is 349 g/mol. The van der Waals surface area contributed by atoms with Crippen LogP contribution in [0.5, 0.6) is 5.75 Å². The molecule has 3 aromatic rings. The van der Waals surface area contributed by atoms with E-state index in [1.807, 2.05) is 0 Å². The van der Waals surface area contributed by atoms with E-state index in [2.05, 4.69) is 0 Å². The highest BCUT2D eigenvalue weighted by Crippen LogP contribution is 2.25. The Morgan fingerprint density at radius 1 is 1.04 bits per heavy atom. The first-order chi connectivity index (χ1) is 12.6. The van der Waals surface area contributed by atoms with Gasteiger partial charge in [-0.1, -0.05) is 0 Å². The van der Waals surface area contributed by atoms with E-state index >= 15 is 0 Å². The highest BCUT2D eigenvalue weighted by atomic mass is 16.6. The van der Waals surface area contributed by atoms with Gasteiger partial charge >= 0.3 is 0 Å². The largest absolute Gasteiger partial charge is 0.497 e. The van der Waals surface area contributed by atoms with Gasteiger partial charge in [-0.25, -0.2) is 0 Å². The Hall–Kier alpha value is -3.67. The maximum absolute atomic E-state index is 12.2. The number of nitro benzene ring substituents is 1. The van der Waals surface area contributed by atoms with Crippen molar-refractivity contribution in [1.29, 1.82) is 0 Å². The fraction of sp³-hybridized carbons (Fsp3) is 0.0500. The van der Waals surface area contributed by atoms with Gasteiger partial charge in [0.25, 0.3) is 5.69 Å². The van der Waals surface area contributed by atoms with Crippen molar-refractivity contribution in [2.45, 2.75) is 0 Å². The standard InChI is InChI=1S/C20H15NO5/c1-25-17-8-4-14(5-9-17)19(22)12-10-18-11-13-20(26-18)15-2-6-16(7-3-15)21(23)24/h2-13H,1H3/b12-10+. The third kappa shape index (κ3) is 3.87. The van der Waals surface area contributed by atoms with E-state index in [1.165, 1.54) is 18.2 Å². The van der Waals surface area contributed by atoms with Crippen LogP contribution in [0.4, 0.5) is 5.69 Å². The average molecular weight is 349 g/mol. The molecule has 6 nitrogen and oxygen atoms in total. The van der Waals surface area contributed by atoms with Crippen LogP contribution in [0.2, 0.25) is 0 Å². The molecule has 1 heterocycles. The molecule has 0 aliphatic carbocycles. The third-order valence-corrected chi connectivity index (χ3v) is 3.76. The summed E-state index contributed by atoms with van der Waals surface area (Å²) in [5.41, 5.74) is 1.28. The zero-order valence-electron chi connectivity index (χ0n) is 13.9. The smallest absolute Gasteiger partial charge is 0.269 e. The molecule has 0 aliphatic heterocycles. The molecule has 0 aliphatic rings. The molecular weight excluding hydrogens is 334 g/mol. The first-order valence-corrected chi connectivity index (χ1v) is 7.78. The summed E-state index contributed by atoms with van der Waals surface area (Å²) in [4.78, 5) is 22.4. The van der Waals surface area contributed by atoms with Gasteiger partial charge in [0.05, 0.1) is 12.0 Å². The first kappa shape index (κ1) is 17.2. The Labute approximate surface area is 149 Å². The fourth-order valence-corrected chi connectivity index (χ4v) is 2.35. The van der Waals surface area contributed by atoms with Gasteiger partial charge in [-0.15, -0.1) is 0 Å². The minimum Gasteiger partial charge on any atom is -0.497 e. The van der Waals surface area contributed by atoms with Crippen molar-refractivity contribution in [2.75, 3.05) is 7.11 Å². The summed E-state index contributed by atoms with van der Waals surface area (Å²) in [5, 5.41) is 10.7. The van der Waals surface area contributed by atoms with Crippen LogP contribution in [0, 0.1) is 10.1 Å². The van der Waals surface area contributed by atoms with Crippen LogP contribution in [-0.2, 0) is 0 Å². The Kier molecular flexibility index (Phi) is 4.94. The van der Waals surface area contributed by atoms with Crippen LogP contribution in [0.25, 0.3) is 17.4 Å². The number of carbonyl (C=O) groups is 1. The lowest BCUT2D eigenvalue weighted by Gasteiger charge is -1.99. The van der Waals surface area contributed by atoms with E-state index in [0.717, 1.165) is 5.56 Å². The van der Waals surface area contributed by atoms with E-state index in [4.69, 9.17) is 9.15 Å². The van der Waals surface area contributed by atoms with Gasteiger partial charge < -0.3 is 9.15 Å². The van der Waals surface area contributed by atoms with E-state index in [1.54, 1.807) is 61.7 Å². The van der Waals surface area contributed by atoms with Gasteiger partial charge in [-0.3, -0.25) is 14.9 Å². The number of ether oxygens (including phenoxy) is 1. The summed E-state index contributed by atoms with van der Waals surface area (Å²) in [6, 6.07) is 16.4. The molecule has 130 valence electrons. The molecule has 3 rings (SSSR count). The van der Waals surface area contributed by atoms with Crippen molar-refractivity contribution in [1.82, 2.24) is 0 Å². The number of rotatable bonds is 6. The number of non-ortho nitro benzene ring substituents is 1. The summed E-state index contributed by atoms with van der Waals surface area (Å²) < 4.78 is 10.7. The number of nitrogens with zero attached hydrogens (tertiary/aromatic N) is 1. The number of benzene rings is 2. The van der Waals surface area contributed by atoms with Gasteiger partial charge in [-0.05, 0) is 60.7 Å². The zero-order chi connectivity index (χ0) is 18.5. The van der Waals surface area contributed by atoms with Crippen molar-refractivity contribution in [3.63, 3.8) is 0 Å². The molecule has 0 amide bonds. The van der Waals surface area contributed by atoms with Crippen LogP contribution in [0.3, 0.4) is 0 Å². The Bertz CT molecular complexity index is 953. The van der Waals surface area contributed by atoms with Gasteiger partial charge in [0.1, 0.15) is 17.3 Å². The molecule has 0 saturated carbocycles. The van der Waals surface area contributed by atoms with Crippen molar-refractivity contribution in [3.05, 3.63) is 88.2 Å². The lowest BCUT2D eigenvalue weighted by Crippen LogP contribution is -1.93. The van der Waals surface area contributed by atoms with Gasteiger partial charge in [-0.2, -0.15) is 0 Å². The highest BCUT2D eigenvalue weighted by molar-refractivity contribution is 6.06. The predicted octanol–water partition coefficient (Wildman–Crippen LogP) is 4.76. The number of hydrogen-bond donors (Lipinski definition) is 0. The molecule has 1 aromatic heterocycles. The second-order valence-electron chi connectivity index (χ2n) is 5.43. The van der Waals surface area contributed by atoms with Gasteiger partial charge in [0, 0.05) is 23.3 Å². The summed E-state index contributed by atoms with van der Waals surface area (Å²) in [6.45, 7) is 0. The maximum Gasteiger partial charge on any atom is 0.269 e. The number of furan rings is 1. The SMILES string of the molecule is COc1ccc(C(=O)/C=C/c2ccc(-c3ccc([N+](=O)[O-])cc3)o2)cc1. The summed E-state index contributed by atoms with van der Waals surface area (Å²) in [6.07, 6.45) is 3.02. The molecule has 6 heteroatoms. The molecule has 26 heavy (non-hydrogen) atoms. The van der Waals surface area contributed by atoms with E-state index in [-0.39, 0.29) is 11.5 Å². The predicted molar refractivity (Wildman–Crippen MR) is 97.2 cm³/mol.